The lowest BCUT2D eigenvalue weighted by Gasteiger charge is -2.30. The number of alkyl halides is 3. The van der Waals surface area contributed by atoms with Gasteiger partial charge in [-0.05, 0) is 61.1 Å². The molecule has 0 aromatic heterocycles. The van der Waals surface area contributed by atoms with Crippen molar-refractivity contribution in [2.24, 2.45) is 5.92 Å². The van der Waals surface area contributed by atoms with Gasteiger partial charge in [-0.2, -0.15) is 13.2 Å². The number of aryl methyl sites for hydroxylation is 1. The van der Waals surface area contributed by atoms with Crippen LogP contribution in [0.15, 0.2) is 30.3 Å². The van der Waals surface area contributed by atoms with Gasteiger partial charge in [0.05, 0.1) is 12.0 Å². The van der Waals surface area contributed by atoms with E-state index in [2.05, 4.69) is 0 Å². The number of hydrogen-bond acceptors (Lipinski definition) is 2. The lowest BCUT2D eigenvalue weighted by Crippen LogP contribution is -2.31. The third-order valence-electron chi connectivity index (χ3n) is 4.83. The van der Waals surface area contributed by atoms with Crippen molar-refractivity contribution in [3.05, 3.63) is 41.5 Å². The number of carbonyl (C=O) groups excluding carboxylic acids is 1. The summed E-state index contributed by atoms with van der Waals surface area (Å²) in [6.07, 6.45) is -2.36. The van der Waals surface area contributed by atoms with E-state index in [0.29, 0.717) is 24.2 Å². The fourth-order valence-electron chi connectivity index (χ4n) is 3.37. The molecule has 0 saturated heterocycles. The second-order valence-corrected chi connectivity index (χ2v) is 6.42. The van der Waals surface area contributed by atoms with Crippen molar-refractivity contribution in [2.75, 3.05) is 0 Å². The van der Waals surface area contributed by atoms with Crippen molar-refractivity contribution < 1.29 is 22.7 Å². The molecule has 3 rings (SSSR count). The summed E-state index contributed by atoms with van der Waals surface area (Å²) >= 11 is 0. The highest BCUT2D eigenvalue weighted by Crippen LogP contribution is 2.39. The molecule has 142 valence electrons. The maximum Gasteiger partial charge on any atom is 0.391 e. The van der Waals surface area contributed by atoms with Gasteiger partial charge in [0.25, 0.3) is 0 Å². The predicted molar refractivity (Wildman–Crippen MR) is 97.8 cm³/mol. The van der Waals surface area contributed by atoms with E-state index in [0.717, 1.165) is 22.6 Å². The summed E-state index contributed by atoms with van der Waals surface area (Å²) in [4.78, 5) is 10.9. The number of halogens is 3. The van der Waals surface area contributed by atoms with Crippen molar-refractivity contribution in [3.63, 3.8) is 0 Å². The highest BCUT2D eigenvalue weighted by atomic mass is 19.4. The third kappa shape index (κ3) is 4.57. The first kappa shape index (κ1) is 20.3. The lowest BCUT2D eigenvalue weighted by molar-refractivity contribution is -0.185. The van der Waals surface area contributed by atoms with E-state index in [-0.39, 0.29) is 18.9 Å². The Morgan fingerprint density at radius 1 is 1.04 bits per heavy atom. The molecule has 0 amide bonds. The van der Waals surface area contributed by atoms with Gasteiger partial charge in [-0.15, -0.1) is 0 Å². The zero-order valence-electron chi connectivity index (χ0n) is 15.4. The normalized spacial score (nSPS) is 20.2. The lowest BCUT2D eigenvalue weighted by atomic mass is 9.87. The average Bonchev–Trinajstić information content (AvgIpc) is 2.65. The molecule has 2 nitrogen and oxygen atoms in total. The molecule has 0 N–H and O–H groups in total. The molecule has 0 radical (unpaired) electrons. The van der Waals surface area contributed by atoms with Crippen LogP contribution < -0.4 is 4.74 Å². The maximum absolute atomic E-state index is 12.7. The van der Waals surface area contributed by atoms with E-state index in [1.54, 1.807) is 6.07 Å². The number of fused-ring (bicyclic) bond motifs is 1. The van der Waals surface area contributed by atoms with Crippen LogP contribution in [-0.2, 0) is 0 Å². The molecule has 0 atom stereocenters. The van der Waals surface area contributed by atoms with Crippen molar-refractivity contribution in [1.82, 2.24) is 0 Å². The van der Waals surface area contributed by atoms with Gasteiger partial charge in [-0.1, -0.05) is 32.0 Å². The first-order valence-corrected chi connectivity index (χ1v) is 9.10. The number of ether oxygens (including phenoxy) is 1. The smallest absolute Gasteiger partial charge is 0.391 e. The minimum atomic E-state index is -4.10. The van der Waals surface area contributed by atoms with Gasteiger partial charge >= 0.3 is 6.18 Å². The average molecular weight is 366 g/mol. The van der Waals surface area contributed by atoms with Gasteiger partial charge < -0.3 is 4.74 Å². The first-order chi connectivity index (χ1) is 12.4. The highest BCUT2D eigenvalue weighted by molar-refractivity contribution is 5.92. The minimum absolute atomic E-state index is 0.128. The van der Waals surface area contributed by atoms with Gasteiger partial charge in [-0.25, -0.2) is 0 Å². The fourth-order valence-corrected chi connectivity index (χ4v) is 3.37. The van der Waals surface area contributed by atoms with E-state index in [1.165, 1.54) is 0 Å². The van der Waals surface area contributed by atoms with Crippen molar-refractivity contribution >= 4 is 17.1 Å². The highest BCUT2D eigenvalue weighted by Gasteiger charge is 2.41. The predicted octanol–water partition coefficient (Wildman–Crippen LogP) is 6.49. The van der Waals surface area contributed by atoms with Crippen LogP contribution in [0.2, 0.25) is 0 Å². The van der Waals surface area contributed by atoms with Crippen LogP contribution in [0.5, 0.6) is 5.75 Å². The SMILES string of the molecule is CC.Cc1c(OC2CCC(C(F)(F)F)CC2)ccc2cc(C=O)ccc12. The molecule has 0 bridgehead atoms. The third-order valence-corrected chi connectivity index (χ3v) is 4.83. The molecule has 1 fully saturated rings. The topological polar surface area (TPSA) is 26.3 Å². The van der Waals surface area contributed by atoms with Crippen LogP contribution in [0.25, 0.3) is 10.8 Å². The second kappa shape index (κ2) is 8.56. The molecule has 26 heavy (non-hydrogen) atoms. The van der Waals surface area contributed by atoms with Crippen LogP contribution in [-0.4, -0.2) is 18.6 Å². The molecule has 1 aliphatic rings. The number of rotatable bonds is 3. The summed E-state index contributed by atoms with van der Waals surface area (Å²) in [6, 6.07) is 9.16. The Morgan fingerprint density at radius 3 is 2.27 bits per heavy atom. The molecule has 0 aliphatic heterocycles. The summed E-state index contributed by atoms with van der Waals surface area (Å²) in [5, 5.41) is 1.94. The van der Waals surface area contributed by atoms with Crippen LogP contribution in [0.1, 0.15) is 55.5 Å². The van der Waals surface area contributed by atoms with Crippen LogP contribution in [0.3, 0.4) is 0 Å². The zero-order chi connectivity index (χ0) is 19.3. The van der Waals surface area contributed by atoms with Crippen molar-refractivity contribution in [3.8, 4) is 5.75 Å². The van der Waals surface area contributed by atoms with E-state index < -0.39 is 12.1 Å². The monoisotopic (exact) mass is 366 g/mol. The molecule has 0 unspecified atom stereocenters. The van der Waals surface area contributed by atoms with E-state index in [4.69, 9.17) is 4.74 Å². The summed E-state index contributed by atoms with van der Waals surface area (Å²) in [6.45, 7) is 5.93. The summed E-state index contributed by atoms with van der Waals surface area (Å²) in [7, 11) is 0. The van der Waals surface area contributed by atoms with Gasteiger partial charge in [0.15, 0.2) is 0 Å². The Balaban J connectivity index is 0.00000117. The Bertz CT molecular complexity index is 745. The quantitative estimate of drug-likeness (QED) is 0.581. The standard InChI is InChI=1S/C19H19F3O2.C2H6/c1-12-17-8-2-13(11-23)10-14(17)3-9-18(12)24-16-6-4-15(5-7-16)19(20,21)22;1-2/h2-3,8-11,15-16H,4-7H2,1H3;1-2H3. The van der Waals surface area contributed by atoms with E-state index in [9.17, 15) is 18.0 Å². The first-order valence-electron chi connectivity index (χ1n) is 9.10. The van der Waals surface area contributed by atoms with Gasteiger partial charge in [-0.3, -0.25) is 4.79 Å². The maximum atomic E-state index is 12.7. The molecular weight excluding hydrogens is 341 g/mol. The van der Waals surface area contributed by atoms with Crippen molar-refractivity contribution in [1.29, 1.82) is 0 Å². The zero-order valence-corrected chi connectivity index (χ0v) is 15.4. The molecule has 1 aliphatic carbocycles. The van der Waals surface area contributed by atoms with Crippen molar-refractivity contribution in [2.45, 2.75) is 58.7 Å². The molecule has 0 spiro atoms. The minimum Gasteiger partial charge on any atom is -0.490 e. The summed E-state index contributed by atoms with van der Waals surface area (Å²) in [5.74, 6) is -0.492. The Hall–Kier alpha value is -2.04. The number of benzene rings is 2. The molecular formula is C21H25F3O2. The van der Waals surface area contributed by atoms with E-state index >= 15 is 0 Å². The van der Waals surface area contributed by atoms with Crippen LogP contribution in [0, 0.1) is 12.8 Å². The summed E-state index contributed by atoms with van der Waals surface area (Å²) < 4.78 is 44.2. The Morgan fingerprint density at radius 2 is 1.69 bits per heavy atom. The Kier molecular flexibility index (Phi) is 6.68. The summed E-state index contributed by atoms with van der Waals surface area (Å²) in [5.41, 5.74) is 1.56. The molecule has 5 heteroatoms. The van der Waals surface area contributed by atoms with Crippen LogP contribution in [0.4, 0.5) is 13.2 Å². The second-order valence-electron chi connectivity index (χ2n) is 6.42. The fraction of sp³-hybridized carbons (Fsp3) is 0.476. The van der Waals surface area contributed by atoms with Gasteiger partial charge in [0.2, 0.25) is 0 Å². The number of hydrogen-bond donors (Lipinski definition) is 0. The van der Waals surface area contributed by atoms with Crippen LogP contribution >= 0.6 is 0 Å². The molecule has 2 aromatic rings. The Labute approximate surface area is 152 Å². The molecule has 2 aromatic carbocycles. The molecule has 1 saturated carbocycles. The number of carbonyl (C=O) groups is 1. The molecule has 0 heterocycles. The van der Waals surface area contributed by atoms with Gasteiger partial charge in [0.1, 0.15) is 12.0 Å². The number of aldehydes is 1. The van der Waals surface area contributed by atoms with Gasteiger partial charge in [0, 0.05) is 5.56 Å². The largest absolute Gasteiger partial charge is 0.490 e. The van der Waals surface area contributed by atoms with E-state index in [1.807, 2.05) is 45.0 Å².